The standard InChI is InChI=1S/C10H10N2S/c1-11-10-4-2-3-9(12-10)8-5-6-13-7-8/h2-7H,1H3,(H,11,12). The molecule has 0 spiro atoms. The molecule has 2 nitrogen and oxygen atoms in total. The monoisotopic (exact) mass is 190 g/mol. The Hall–Kier alpha value is -1.35. The van der Waals surface area contributed by atoms with Crippen LogP contribution in [0.4, 0.5) is 5.82 Å². The Bertz CT molecular complexity index is 382. The number of nitrogens with zero attached hydrogens (tertiary/aromatic N) is 1. The molecule has 0 fully saturated rings. The van der Waals surface area contributed by atoms with E-state index in [0.717, 1.165) is 11.5 Å². The third kappa shape index (κ3) is 1.70. The number of pyridine rings is 1. The molecule has 13 heavy (non-hydrogen) atoms. The van der Waals surface area contributed by atoms with Crippen LogP contribution in [0.25, 0.3) is 11.3 Å². The number of thiophene rings is 1. The van der Waals surface area contributed by atoms with Gasteiger partial charge in [0.2, 0.25) is 0 Å². The molecule has 2 aromatic heterocycles. The zero-order chi connectivity index (χ0) is 9.10. The minimum absolute atomic E-state index is 0.906. The lowest BCUT2D eigenvalue weighted by atomic mass is 10.2. The predicted molar refractivity (Wildman–Crippen MR) is 57.1 cm³/mol. The van der Waals surface area contributed by atoms with Crippen molar-refractivity contribution in [3.63, 3.8) is 0 Å². The second kappa shape index (κ2) is 3.58. The zero-order valence-corrected chi connectivity index (χ0v) is 8.14. The summed E-state index contributed by atoms with van der Waals surface area (Å²) in [7, 11) is 1.87. The molecule has 3 heteroatoms. The molecule has 0 aliphatic rings. The van der Waals surface area contributed by atoms with Crippen molar-refractivity contribution >= 4 is 17.2 Å². The topological polar surface area (TPSA) is 24.9 Å². The first-order valence-corrected chi connectivity index (χ1v) is 5.02. The fourth-order valence-corrected chi connectivity index (χ4v) is 1.79. The Balaban J connectivity index is 2.41. The SMILES string of the molecule is CNc1cccc(-c2ccsc2)n1. The Morgan fingerprint density at radius 1 is 1.31 bits per heavy atom. The van der Waals surface area contributed by atoms with Crippen LogP contribution >= 0.6 is 11.3 Å². The van der Waals surface area contributed by atoms with Crippen molar-refractivity contribution in [3.05, 3.63) is 35.0 Å². The van der Waals surface area contributed by atoms with E-state index in [9.17, 15) is 0 Å². The van der Waals surface area contributed by atoms with Crippen LogP contribution < -0.4 is 5.32 Å². The van der Waals surface area contributed by atoms with Crippen molar-refractivity contribution in [2.75, 3.05) is 12.4 Å². The fourth-order valence-electron chi connectivity index (χ4n) is 1.14. The molecule has 2 rings (SSSR count). The van der Waals surface area contributed by atoms with Gasteiger partial charge in [0.15, 0.2) is 0 Å². The van der Waals surface area contributed by atoms with Crippen molar-refractivity contribution in [2.24, 2.45) is 0 Å². The van der Waals surface area contributed by atoms with Gasteiger partial charge in [0.25, 0.3) is 0 Å². The zero-order valence-electron chi connectivity index (χ0n) is 7.32. The number of nitrogens with one attached hydrogen (secondary N) is 1. The third-order valence-electron chi connectivity index (χ3n) is 1.82. The summed E-state index contributed by atoms with van der Waals surface area (Å²) in [5, 5.41) is 7.18. The van der Waals surface area contributed by atoms with Crippen molar-refractivity contribution in [2.45, 2.75) is 0 Å². The lowest BCUT2D eigenvalue weighted by Gasteiger charge is -2.00. The second-order valence-electron chi connectivity index (χ2n) is 2.67. The molecule has 2 aromatic rings. The van der Waals surface area contributed by atoms with Gasteiger partial charge in [0, 0.05) is 18.0 Å². The second-order valence-corrected chi connectivity index (χ2v) is 3.45. The Kier molecular flexibility index (Phi) is 2.27. The van der Waals surface area contributed by atoms with Gasteiger partial charge < -0.3 is 5.32 Å². The Morgan fingerprint density at radius 3 is 2.92 bits per heavy atom. The Labute approximate surface area is 81.3 Å². The molecule has 2 heterocycles. The highest BCUT2D eigenvalue weighted by Gasteiger charge is 1.99. The van der Waals surface area contributed by atoms with E-state index in [1.54, 1.807) is 11.3 Å². The molecule has 0 saturated heterocycles. The summed E-state index contributed by atoms with van der Waals surface area (Å²) in [6, 6.07) is 8.05. The molecule has 66 valence electrons. The molecule has 0 amide bonds. The summed E-state index contributed by atoms with van der Waals surface area (Å²) in [5.41, 5.74) is 2.20. The van der Waals surface area contributed by atoms with Crippen LogP contribution in [-0.4, -0.2) is 12.0 Å². The van der Waals surface area contributed by atoms with Gasteiger partial charge >= 0.3 is 0 Å². The van der Waals surface area contributed by atoms with Gasteiger partial charge in [0.1, 0.15) is 5.82 Å². The average molecular weight is 190 g/mol. The van der Waals surface area contributed by atoms with Crippen molar-refractivity contribution < 1.29 is 0 Å². The van der Waals surface area contributed by atoms with E-state index in [0.29, 0.717) is 0 Å². The maximum atomic E-state index is 4.43. The predicted octanol–water partition coefficient (Wildman–Crippen LogP) is 2.85. The van der Waals surface area contributed by atoms with E-state index < -0.39 is 0 Å². The van der Waals surface area contributed by atoms with Crippen LogP contribution in [-0.2, 0) is 0 Å². The smallest absolute Gasteiger partial charge is 0.126 e. The first kappa shape index (κ1) is 8.26. The van der Waals surface area contributed by atoms with E-state index in [4.69, 9.17) is 0 Å². The van der Waals surface area contributed by atoms with Gasteiger partial charge in [-0.15, -0.1) is 0 Å². The average Bonchev–Trinajstić information content (AvgIpc) is 2.71. The summed E-state index contributed by atoms with van der Waals surface area (Å²) in [6.07, 6.45) is 0. The van der Waals surface area contributed by atoms with Gasteiger partial charge in [-0.3, -0.25) is 0 Å². The van der Waals surface area contributed by atoms with Gasteiger partial charge in [-0.1, -0.05) is 6.07 Å². The van der Waals surface area contributed by atoms with Crippen molar-refractivity contribution in [1.29, 1.82) is 0 Å². The van der Waals surface area contributed by atoms with E-state index >= 15 is 0 Å². The van der Waals surface area contributed by atoms with Crippen LogP contribution in [0, 0.1) is 0 Å². The fraction of sp³-hybridized carbons (Fsp3) is 0.100. The highest BCUT2D eigenvalue weighted by Crippen LogP contribution is 2.20. The van der Waals surface area contributed by atoms with E-state index in [1.165, 1.54) is 5.56 Å². The highest BCUT2D eigenvalue weighted by molar-refractivity contribution is 7.08. The summed E-state index contributed by atoms with van der Waals surface area (Å²) < 4.78 is 0. The van der Waals surface area contributed by atoms with Crippen LogP contribution in [0.1, 0.15) is 0 Å². The molecule has 0 aliphatic heterocycles. The molecule has 0 aromatic carbocycles. The van der Waals surface area contributed by atoms with Gasteiger partial charge in [-0.2, -0.15) is 11.3 Å². The van der Waals surface area contributed by atoms with Crippen LogP contribution in [0.2, 0.25) is 0 Å². The molecule has 0 saturated carbocycles. The first-order valence-electron chi connectivity index (χ1n) is 4.07. The molecule has 0 unspecified atom stereocenters. The normalized spacial score (nSPS) is 9.92. The van der Waals surface area contributed by atoms with E-state index in [1.807, 2.05) is 25.2 Å². The minimum Gasteiger partial charge on any atom is -0.373 e. The molecule has 0 bridgehead atoms. The number of rotatable bonds is 2. The van der Waals surface area contributed by atoms with Gasteiger partial charge in [0.05, 0.1) is 5.69 Å². The maximum absolute atomic E-state index is 4.43. The molecule has 0 atom stereocenters. The van der Waals surface area contributed by atoms with Crippen molar-refractivity contribution in [3.8, 4) is 11.3 Å². The minimum atomic E-state index is 0.906. The molecule has 1 N–H and O–H groups in total. The van der Waals surface area contributed by atoms with Crippen LogP contribution in [0.5, 0.6) is 0 Å². The molecular formula is C10H10N2S. The molecule has 0 aliphatic carbocycles. The lowest BCUT2D eigenvalue weighted by Crippen LogP contribution is -1.92. The maximum Gasteiger partial charge on any atom is 0.126 e. The highest BCUT2D eigenvalue weighted by atomic mass is 32.1. The number of hydrogen-bond acceptors (Lipinski definition) is 3. The number of anilines is 1. The van der Waals surface area contributed by atoms with Crippen LogP contribution in [0.15, 0.2) is 35.0 Å². The third-order valence-corrected chi connectivity index (χ3v) is 2.51. The molecule has 0 radical (unpaired) electrons. The van der Waals surface area contributed by atoms with Gasteiger partial charge in [-0.05, 0) is 23.6 Å². The lowest BCUT2D eigenvalue weighted by molar-refractivity contribution is 1.29. The summed E-state index contributed by atoms with van der Waals surface area (Å²) >= 11 is 1.69. The summed E-state index contributed by atoms with van der Waals surface area (Å²) in [6.45, 7) is 0. The quantitative estimate of drug-likeness (QED) is 0.787. The van der Waals surface area contributed by atoms with Crippen molar-refractivity contribution in [1.82, 2.24) is 4.98 Å². The summed E-state index contributed by atoms with van der Waals surface area (Å²) in [5.74, 6) is 0.906. The van der Waals surface area contributed by atoms with Gasteiger partial charge in [-0.25, -0.2) is 4.98 Å². The van der Waals surface area contributed by atoms with E-state index in [2.05, 4.69) is 27.1 Å². The largest absolute Gasteiger partial charge is 0.373 e. The van der Waals surface area contributed by atoms with Crippen LogP contribution in [0.3, 0.4) is 0 Å². The summed E-state index contributed by atoms with van der Waals surface area (Å²) in [4.78, 5) is 4.43. The number of hydrogen-bond donors (Lipinski definition) is 1. The first-order chi connectivity index (χ1) is 6.40. The Morgan fingerprint density at radius 2 is 2.23 bits per heavy atom. The van der Waals surface area contributed by atoms with E-state index in [-0.39, 0.29) is 0 Å². The number of aromatic nitrogens is 1. The molecular weight excluding hydrogens is 180 g/mol.